The highest BCUT2D eigenvalue weighted by Crippen LogP contribution is 2.02. The van der Waals surface area contributed by atoms with Gasteiger partial charge in [-0.2, -0.15) is 5.10 Å². The summed E-state index contributed by atoms with van der Waals surface area (Å²) in [4.78, 5) is 15.3. The number of quaternary nitrogens is 2. The molecule has 0 radical (unpaired) electrons. The van der Waals surface area contributed by atoms with Gasteiger partial charge in [-0.05, 0) is 33.3 Å². The van der Waals surface area contributed by atoms with Crippen LogP contribution in [0.1, 0.15) is 28.9 Å². The zero-order valence-electron chi connectivity index (χ0n) is 17.6. The smallest absolute Gasteiger partial charge is 0.275 e. The fourth-order valence-corrected chi connectivity index (χ4v) is 4.07. The highest BCUT2D eigenvalue weighted by atomic mass is 16.2. The molecule has 1 fully saturated rings. The van der Waals surface area contributed by atoms with E-state index in [-0.39, 0.29) is 5.91 Å². The summed E-state index contributed by atoms with van der Waals surface area (Å²) in [6, 6.07) is 10.9. The Morgan fingerprint density at radius 2 is 1.86 bits per heavy atom. The first-order valence-corrected chi connectivity index (χ1v) is 10.5. The van der Waals surface area contributed by atoms with Gasteiger partial charge in [0.1, 0.15) is 32.7 Å². The highest BCUT2D eigenvalue weighted by molar-refractivity contribution is 5.76. The quantitative estimate of drug-likeness (QED) is 0.527. The van der Waals surface area contributed by atoms with Crippen LogP contribution in [0.25, 0.3) is 0 Å². The molecule has 1 aromatic carbocycles. The fourth-order valence-electron chi connectivity index (χ4n) is 4.07. The number of piperazine rings is 1. The van der Waals surface area contributed by atoms with Crippen molar-refractivity contribution < 1.29 is 14.6 Å². The molecule has 0 spiro atoms. The van der Waals surface area contributed by atoms with Crippen LogP contribution in [-0.4, -0.2) is 55.0 Å². The molecule has 28 heavy (non-hydrogen) atoms. The second kappa shape index (κ2) is 9.85. The van der Waals surface area contributed by atoms with Gasteiger partial charge in [0.2, 0.25) is 0 Å². The van der Waals surface area contributed by atoms with E-state index < -0.39 is 0 Å². The van der Waals surface area contributed by atoms with Crippen molar-refractivity contribution in [2.24, 2.45) is 0 Å². The number of amides is 1. The summed E-state index contributed by atoms with van der Waals surface area (Å²) in [5.74, 6) is 0.172. The van der Waals surface area contributed by atoms with Crippen LogP contribution in [0.15, 0.2) is 30.3 Å². The third-order valence-corrected chi connectivity index (χ3v) is 5.58. The van der Waals surface area contributed by atoms with E-state index in [4.69, 9.17) is 0 Å². The van der Waals surface area contributed by atoms with Gasteiger partial charge in [-0.15, -0.1) is 0 Å². The normalized spacial score (nSPS) is 19.5. The van der Waals surface area contributed by atoms with Crippen molar-refractivity contribution in [3.63, 3.8) is 0 Å². The largest absolute Gasteiger partial charge is 0.351 e. The fraction of sp³-hybridized carbons (Fsp3) is 0.545. The van der Waals surface area contributed by atoms with Gasteiger partial charge in [-0.25, -0.2) is 0 Å². The first-order valence-electron chi connectivity index (χ1n) is 10.5. The van der Waals surface area contributed by atoms with Crippen molar-refractivity contribution in [1.82, 2.24) is 15.1 Å². The Hall–Kier alpha value is -2.18. The molecule has 0 bridgehead atoms. The van der Waals surface area contributed by atoms with Crippen molar-refractivity contribution in [1.29, 1.82) is 0 Å². The first kappa shape index (κ1) is 20.6. The second-order valence-corrected chi connectivity index (χ2v) is 8.20. The van der Waals surface area contributed by atoms with E-state index in [1.165, 1.54) is 21.7 Å². The van der Waals surface area contributed by atoms with E-state index >= 15 is 0 Å². The topological polar surface area (TPSA) is 55.8 Å². The molecule has 6 heteroatoms. The van der Waals surface area contributed by atoms with Crippen LogP contribution in [0, 0.1) is 20.8 Å². The standard InChI is InChI=1S/C22H33N5O/c1-18-6-4-7-21(14-18)16-25-10-12-26(13-11-25)17-22(28)23-8-5-9-27-20(3)15-19(2)24-27/h4,6-7,14-15H,5,8-13,16-17H2,1-3H3,(H,23,28)/p+2. The SMILES string of the molecule is Cc1cccc(C[NH+]2CC[NH+](CC(=O)NCCCn3nc(C)cc3C)CC2)c1. The molecule has 1 amide bonds. The van der Waals surface area contributed by atoms with Gasteiger partial charge in [-0.1, -0.05) is 29.8 Å². The van der Waals surface area contributed by atoms with Gasteiger partial charge in [-0.3, -0.25) is 9.48 Å². The second-order valence-electron chi connectivity index (χ2n) is 8.20. The number of aryl methyl sites for hydroxylation is 4. The van der Waals surface area contributed by atoms with Gasteiger partial charge in [0.25, 0.3) is 5.91 Å². The van der Waals surface area contributed by atoms with Crippen LogP contribution in [-0.2, 0) is 17.9 Å². The Labute approximate surface area is 168 Å². The van der Waals surface area contributed by atoms with Crippen LogP contribution in [0.4, 0.5) is 0 Å². The molecule has 1 aliphatic rings. The number of nitrogens with one attached hydrogen (secondary N) is 3. The van der Waals surface area contributed by atoms with Crippen LogP contribution in [0.3, 0.4) is 0 Å². The zero-order chi connectivity index (χ0) is 19.9. The number of nitrogens with zero attached hydrogens (tertiary/aromatic N) is 2. The molecule has 152 valence electrons. The Bertz CT molecular complexity index is 777. The summed E-state index contributed by atoms with van der Waals surface area (Å²) in [5.41, 5.74) is 4.97. The molecule has 0 unspecified atom stereocenters. The molecule has 0 atom stereocenters. The summed E-state index contributed by atoms with van der Waals surface area (Å²) in [6.45, 7) is 13.9. The minimum absolute atomic E-state index is 0.172. The molecule has 0 saturated carbocycles. The molecule has 1 aliphatic heterocycles. The summed E-state index contributed by atoms with van der Waals surface area (Å²) >= 11 is 0. The molecule has 0 aliphatic carbocycles. The van der Waals surface area contributed by atoms with E-state index in [2.05, 4.69) is 54.6 Å². The van der Waals surface area contributed by atoms with Gasteiger partial charge < -0.3 is 15.1 Å². The molecule has 3 rings (SSSR count). The van der Waals surface area contributed by atoms with Gasteiger partial charge in [0.15, 0.2) is 6.54 Å². The van der Waals surface area contributed by atoms with Crippen molar-refractivity contribution in [2.45, 2.75) is 40.3 Å². The molecular weight excluding hydrogens is 350 g/mol. The molecule has 1 aromatic heterocycles. The highest BCUT2D eigenvalue weighted by Gasteiger charge is 2.24. The van der Waals surface area contributed by atoms with E-state index in [9.17, 15) is 4.79 Å². The van der Waals surface area contributed by atoms with E-state index in [1.807, 2.05) is 11.6 Å². The average molecular weight is 386 g/mol. The monoisotopic (exact) mass is 385 g/mol. The third-order valence-electron chi connectivity index (χ3n) is 5.58. The first-order chi connectivity index (χ1) is 13.5. The summed E-state index contributed by atoms with van der Waals surface area (Å²) in [5, 5.41) is 7.54. The Morgan fingerprint density at radius 3 is 2.54 bits per heavy atom. The third kappa shape index (κ3) is 6.17. The maximum Gasteiger partial charge on any atom is 0.275 e. The van der Waals surface area contributed by atoms with Gasteiger partial charge >= 0.3 is 0 Å². The van der Waals surface area contributed by atoms with Crippen molar-refractivity contribution in [2.75, 3.05) is 39.3 Å². The number of benzene rings is 1. The van der Waals surface area contributed by atoms with E-state index in [0.717, 1.165) is 57.9 Å². The van der Waals surface area contributed by atoms with Crippen LogP contribution in [0.5, 0.6) is 0 Å². The minimum Gasteiger partial charge on any atom is -0.351 e. The Morgan fingerprint density at radius 1 is 1.11 bits per heavy atom. The number of hydrogen-bond donors (Lipinski definition) is 3. The molecular formula is C22H35N5O+2. The lowest BCUT2D eigenvalue weighted by molar-refractivity contribution is -1.02. The Balaban J connectivity index is 1.31. The Kier molecular flexibility index (Phi) is 7.23. The van der Waals surface area contributed by atoms with Crippen molar-refractivity contribution in [3.8, 4) is 0 Å². The van der Waals surface area contributed by atoms with Crippen LogP contribution >= 0.6 is 0 Å². The number of hydrogen-bond acceptors (Lipinski definition) is 2. The number of carbonyl (C=O) groups excluding carboxylic acids is 1. The number of carbonyl (C=O) groups is 1. The van der Waals surface area contributed by atoms with Gasteiger partial charge in [0.05, 0.1) is 5.69 Å². The van der Waals surface area contributed by atoms with E-state index in [0.29, 0.717) is 6.54 Å². The maximum absolute atomic E-state index is 12.2. The predicted molar refractivity (Wildman–Crippen MR) is 110 cm³/mol. The minimum atomic E-state index is 0.172. The molecule has 2 aromatic rings. The lowest BCUT2D eigenvalue weighted by Gasteiger charge is -2.29. The van der Waals surface area contributed by atoms with Crippen molar-refractivity contribution >= 4 is 5.91 Å². The summed E-state index contributed by atoms with van der Waals surface area (Å²) < 4.78 is 2.02. The molecule has 6 nitrogen and oxygen atoms in total. The van der Waals surface area contributed by atoms with Crippen LogP contribution in [0.2, 0.25) is 0 Å². The molecule has 1 saturated heterocycles. The summed E-state index contributed by atoms with van der Waals surface area (Å²) in [7, 11) is 0. The zero-order valence-corrected chi connectivity index (χ0v) is 17.6. The van der Waals surface area contributed by atoms with Crippen LogP contribution < -0.4 is 15.1 Å². The predicted octanol–water partition coefficient (Wildman–Crippen LogP) is -0.702. The van der Waals surface area contributed by atoms with Crippen molar-refractivity contribution in [3.05, 3.63) is 52.8 Å². The number of aromatic nitrogens is 2. The van der Waals surface area contributed by atoms with Gasteiger partial charge in [0, 0.05) is 24.3 Å². The lowest BCUT2D eigenvalue weighted by Crippen LogP contribution is -3.28. The number of rotatable bonds is 8. The molecule has 2 heterocycles. The van der Waals surface area contributed by atoms with E-state index in [1.54, 1.807) is 4.90 Å². The molecule has 3 N–H and O–H groups in total. The lowest BCUT2D eigenvalue weighted by atomic mass is 10.1. The summed E-state index contributed by atoms with van der Waals surface area (Å²) in [6.07, 6.45) is 0.914. The average Bonchev–Trinajstić information content (AvgIpc) is 2.98. The maximum atomic E-state index is 12.2.